The predicted molar refractivity (Wildman–Crippen MR) is 102 cm³/mol. The second kappa shape index (κ2) is 13.6. The van der Waals surface area contributed by atoms with Crippen LogP contribution in [0.25, 0.3) is 0 Å². The molecule has 0 saturated heterocycles. The first-order valence-corrected chi connectivity index (χ1v) is 8.63. The smallest absolute Gasteiger partial charge is 0.340 e. The number of esters is 1. The lowest BCUT2D eigenvalue weighted by molar-refractivity contribution is 0.0489. The maximum absolute atomic E-state index is 11.9. The summed E-state index contributed by atoms with van der Waals surface area (Å²) >= 11 is 0. The maximum atomic E-state index is 11.9. The summed E-state index contributed by atoms with van der Waals surface area (Å²) in [7, 11) is 3.75. The SMILES string of the molecule is CCCN(CCC)CCCOC(=O)c1cccc(N)c1N.CNC. The van der Waals surface area contributed by atoms with Gasteiger partial charge in [0, 0.05) is 6.54 Å². The second-order valence-electron chi connectivity index (χ2n) is 5.64. The number of nitrogens with zero attached hydrogens (tertiary/aromatic N) is 1. The minimum absolute atomic E-state index is 0.293. The molecule has 6 heteroatoms. The van der Waals surface area contributed by atoms with E-state index in [0.29, 0.717) is 23.5 Å². The lowest BCUT2D eigenvalue weighted by atomic mass is 10.1. The van der Waals surface area contributed by atoms with Crippen LogP contribution in [-0.4, -0.2) is 51.2 Å². The Morgan fingerprint density at radius 3 is 2.25 bits per heavy atom. The molecule has 0 radical (unpaired) electrons. The van der Waals surface area contributed by atoms with Crippen molar-refractivity contribution in [3.05, 3.63) is 23.8 Å². The number of nitrogens with one attached hydrogen (secondary N) is 1. The summed E-state index contributed by atoms with van der Waals surface area (Å²) in [6.07, 6.45) is 3.10. The highest BCUT2D eigenvalue weighted by Crippen LogP contribution is 2.20. The third kappa shape index (κ3) is 8.74. The number of anilines is 2. The zero-order chi connectivity index (χ0) is 18.4. The molecule has 0 aromatic heterocycles. The van der Waals surface area contributed by atoms with Crippen LogP contribution in [0.4, 0.5) is 11.4 Å². The Labute approximate surface area is 146 Å². The molecule has 0 heterocycles. The van der Waals surface area contributed by atoms with Gasteiger partial charge in [-0.1, -0.05) is 19.9 Å². The fraction of sp³-hybridized carbons (Fsp3) is 0.611. The summed E-state index contributed by atoms with van der Waals surface area (Å²) in [5.41, 5.74) is 12.5. The number of benzene rings is 1. The van der Waals surface area contributed by atoms with Gasteiger partial charge in [0.05, 0.1) is 23.5 Å². The van der Waals surface area contributed by atoms with E-state index >= 15 is 0 Å². The van der Waals surface area contributed by atoms with E-state index < -0.39 is 5.97 Å². The van der Waals surface area contributed by atoms with Crippen LogP contribution in [0, 0.1) is 0 Å². The third-order valence-corrected chi connectivity index (χ3v) is 3.29. The van der Waals surface area contributed by atoms with Crippen molar-refractivity contribution in [2.75, 3.05) is 51.8 Å². The van der Waals surface area contributed by atoms with Crippen LogP contribution in [0.1, 0.15) is 43.5 Å². The van der Waals surface area contributed by atoms with E-state index in [0.717, 1.165) is 38.9 Å². The molecule has 1 aromatic carbocycles. The van der Waals surface area contributed by atoms with Crippen molar-refractivity contribution in [2.45, 2.75) is 33.1 Å². The average Bonchev–Trinajstić information content (AvgIpc) is 2.55. The van der Waals surface area contributed by atoms with E-state index in [9.17, 15) is 4.79 Å². The van der Waals surface area contributed by atoms with Crippen LogP contribution in [0.15, 0.2) is 18.2 Å². The molecule has 0 bridgehead atoms. The van der Waals surface area contributed by atoms with Crippen molar-refractivity contribution in [1.29, 1.82) is 0 Å². The molecule has 0 fully saturated rings. The van der Waals surface area contributed by atoms with E-state index in [-0.39, 0.29) is 0 Å². The van der Waals surface area contributed by atoms with Gasteiger partial charge in [-0.25, -0.2) is 4.79 Å². The van der Waals surface area contributed by atoms with E-state index in [1.165, 1.54) is 0 Å². The molecule has 1 aromatic rings. The van der Waals surface area contributed by atoms with Crippen molar-refractivity contribution < 1.29 is 9.53 Å². The van der Waals surface area contributed by atoms with Gasteiger partial charge < -0.3 is 26.4 Å². The summed E-state index contributed by atoms with van der Waals surface area (Å²) in [6.45, 7) is 7.86. The quantitative estimate of drug-likeness (QED) is 0.363. The van der Waals surface area contributed by atoms with Crippen LogP contribution >= 0.6 is 0 Å². The Morgan fingerprint density at radius 1 is 1.12 bits per heavy atom. The molecule has 0 saturated carbocycles. The molecule has 0 spiro atoms. The van der Waals surface area contributed by atoms with Crippen molar-refractivity contribution in [2.24, 2.45) is 0 Å². The molecule has 24 heavy (non-hydrogen) atoms. The molecular weight excluding hydrogens is 304 g/mol. The summed E-state index contributed by atoms with van der Waals surface area (Å²) < 4.78 is 5.27. The number of hydrogen-bond acceptors (Lipinski definition) is 6. The van der Waals surface area contributed by atoms with E-state index in [1.54, 1.807) is 18.2 Å². The summed E-state index contributed by atoms with van der Waals surface area (Å²) in [6, 6.07) is 5.00. The third-order valence-electron chi connectivity index (χ3n) is 3.29. The Kier molecular flexibility index (Phi) is 12.6. The number of ether oxygens (including phenoxy) is 1. The zero-order valence-electron chi connectivity index (χ0n) is 15.6. The van der Waals surface area contributed by atoms with E-state index in [2.05, 4.69) is 24.1 Å². The number of rotatable bonds is 9. The summed E-state index contributed by atoms with van der Waals surface area (Å²) in [5, 5.41) is 2.75. The standard InChI is InChI=1S/C16H27N3O2.C2H7N/c1-3-9-19(10-4-2)11-6-12-21-16(20)13-7-5-8-14(17)15(13)18;1-3-2/h5,7-8H,3-4,6,9-12,17-18H2,1-2H3;3H,1-2H3. The minimum Gasteiger partial charge on any atom is -0.462 e. The lowest BCUT2D eigenvalue weighted by Crippen LogP contribution is -2.27. The number of nitrogen functional groups attached to an aromatic ring is 2. The lowest BCUT2D eigenvalue weighted by Gasteiger charge is -2.20. The van der Waals surface area contributed by atoms with Gasteiger partial charge in [0.25, 0.3) is 0 Å². The van der Waals surface area contributed by atoms with Gasteiger partial charge in [-0.2, -0.15) is 0 Å². The zero-order valence-corrected chi connectivity index (χ0v) is 15.6. The Balaban J connectivity index is 0.00000163. The van der Waals surface area contributed by atoms with E-state index in [4.69, 9.17) is 16.2 Å². The highest BCUT2D eigenvalue weighted by atomic mass is 16.5. The average molecular weight is 338 g/mol. The van der Waals surface area contributed by atoms with Gasteiger partial charge in [-0.15, -0.1) is 0 Å². The van der Waals surface area contributed by atoms with Gasteiger partial charge in [-0.3, -0.25) is 0 Å². The van der Waals surface area contributed by atoms with Crippen LogP contribution in [-0.2, 0) is 4.74 Å². The number of hydrogen-bond donors (Lipinski definition) is 3. The van der Waals surface area contributed by atoms with Gasteiger partial charge in [0.2, 0.25) is 0 Å². The van der Waals surface area contributed by atoms with Crippen molar-refractivity contribution in [3.63, 3.8) is 0 Å². The van der Waals surface area contributed by atoms with Crippen molar-refractivity contribution >= 4 is 17.3 Å². The molecule has 6 nitrogen and oxygen atoms in total. The number of nitrogens with two attached hydrogens (primary N) is 2. The molecule has 1 rings (SSSR count). The molecule has 138 valence electrons. The first-order chi connectivity index (χ1) is 11.5. The fourth-order valence-corrected chi connectivity index (χ4v) is 2.26. The number of para-hydroxylation sites is 1. The Bertz CT molecular complexity index is 460. The topological polar surface area (TPSA) is 93.6 Å². The van der Waals surface area contributed by atoms with Crippen LogP contribution in [0.5, 0.6) is 0 Å². The van der Waals surface area contributed by atoms with Crippen LogP contribution in [0.2, 0.25) is 0 Å². The van der Waals surface area contributed by atoms with Gasteiger partial charge in [0.1, 0.15) is 0 Å². The Hall–Kier alpha value is -1.79. The van der Waals surface area contributed by atoms with E-state index in [1.807, 2.05) is 14.1 Å². The first-order valence-electron chi connectivity index (χ1n) is 8.63. The molecule has 0 aliphatic carbocycles. The number of carbonyl (C=O) groups is 1. The molecule has 0 atom stereocenters. The van der Waals surface area contributed by atoms with Gasteiger partial charge in [-0.05, 0) is 58.6 Å². The molecule has 0 aliphatic heterocycles. The maximum Gasteiger partial charge on any atom is 0.340 e. The second-order valence-corrected chi connectivity index (χ2v) is 5.64. The summed E-state index contributed by atoms with van der Waals surface area (Å²) in [5.74, 6) is -0.405. The van der Waals surface area contributed by atoms with Crippen molar-refractivity contribution in [1.82, 2.24) is 10.2 Å². The molecule has 5 N–H and O–H groups in total. The molecule has 0 amide bonds. The van der Waals surface area contributed by atoms with Crippen LogP contribution in [0.3, 0.4) is 0 Å². The number of carbonyl (C=O) groups excluding carboxylic acids is 1. The highest BCUT2D eigenvalue weighted by molar-refractivity contribution is 5.97. The normalized spacial score (nSPS) is 10.2. The highest BCUT2D eigenvalue weighted by Gasteiger charge is 2.12. The van der Waals surface area contributed by atoms with Gasteiger partial charge >= 0.3 is 5.97 Å². The summed E-state index contributed by atoms with van der Waals surface area (Å²) in [4.78, 5) is 14.3. The molecule has 0 unspecified atom stereocenters. The minimum atomic E-state index is -0.405. The van der Waals surface area contributed by atoms with Crippen molar-refractivity contribution in [3.8, 4) is 0 Å². The fourth-order valence-electron chi connectivity index (χ4n) is 2.26. The van der Waals surface area contributed by atoms with Crippen LogP contribution < -0.4 is 16.8 Å². The molecule has 0 aliphatic rings. The monoisotopic (exact) mass is 338 g/mol. The van der Waals surface area contributed by atoms with Gasteiger partial charge in [0.15, 0.2) is 0 Å². The molecular formula is C18H34N4O2. The predicted octanol–water partition coefficient (Wildman–Crippen LogP) is 2.36. The largest absolute Gasteiger partial charge is 0.462 e. The first kappa shape index (κ1) is 22.2. The Morgan fingerprint density at radius 2 is 1.71 bits per heavy atom.